The Kier molecular flexibility index (Phi) is 8.46. The van der Waals surface area contributed by atoms with Gasteiger partial charge in [-0.05, 0) is 41.8 Å². The third kappa shape index (κ3) is 6.22. The number of fused-ring (bicyclic) bond motifs is 1. The molecule has 0 radical (unpaired) electrons. The number of hydrogen-bond donors (Lipinski definition) is 2. The third-order valence-electron chi connectivity index (χ3n) is 8.06. The van der Waals surface area contributed by atoms with E-state index < -0.39 is 12.1 Å². The first-order chi connectivity index (χ1) is 20.1. The number of aromatic nitrogens is 1. The Morgan fingerprint density at radius 1 is 1.10 bits per heavy atom. The van der Waals surface area contributed by atoms with Crippen molar-refractivity contribution in [1.82, 2.24) is 20.1 Å². The molecule has 11 nitrogen and oxygen atoms in total. The van der Waals surface area contributed by atoms with Crippen molar-refractivity contribution in [3.8, 4) is 17.2 Å². The Morgan fingerprint density at radius 3 is 2.71 bits per heavy atom. The van der Waals surface area contributed by atoms with Crippen LogP contribution in [-0.2, 0) is 32.0 Å². The minimum atomic E-state index is -0.660. The first kappa shape index (κ1) is 27.6. The minimum absolute atomic E-state index is 0.0676. The molecule has 0 bridgehead atoms. The molecule has 0 aliphatic carbocycles. The number of nitriles is 1. The van der Waals surface area contributed by atoms with E-state index in [2.05, 4.69) is 21.6 Å². The molecule has 2 N–H and O–H groups in total. The second-order valence-electron chi connectivity index (χ2n) is 10.8. The van der Waals surface area contributed by atoms with E-state index >= 15 is 0 Å². The van der Waals surface area contributed by atoms with Crippen LogP contribution < -0.4 is 16.4 Å². The molecule has 3 fully saturated rings. The van der Waals surface area contributed by atoms with Gasteiger partial charge in [0.2, 0.25) is 0 Å². The van der Waals surface area contributed by atoms with E-state index in [0.717, 1.165) is 41.7 Å². The smallest absolute Gasteiger partial charge is 0.408 e. The Labute approximate surface area is 237 Å². The van der Waals surface area contributed by atoms with Crippen molar-refractivity contribution < 1.29 is 23.4 Å². The molecular weight excluding hydrogens is 526 g/mol. The maximum atomic E-state index is 12.8. The molecule has 41 heavy (non-hydrogen) atoms. The number of ether oxygens (including phenoxy) is 3. The fraction of sp³-hybridized carbons (Fsp3) is 0.500. The number of nitrogens with one attached hydrogen (secondary N) is 2. The second kappa shape index (κ2) is 12.5. The number of benzene rings is 2. The largest absolute Gasteiger partial charge is 0.420 e. The summed E-state index contributed by atoms with van der Waals surface area (Å²) in [6.07, 6.45) is 0.648. The number of nitrogens with zero attached hydrogens (tertiary/aromatic N) is 3. The topological polar surface area (TPSA) is 131 Å². The quantitative estimate of drug-likeness (QED) is 0.418. The lowest BCUT2D eigenvalue weighted by molar-refractivity contribution is -0.132. The lowest BCUT2D eigenvalue weighted by Crippen LogP contribution is -2.59. The van der Waals surface area contributed by atoms with Gasteiger partial charge in [0.25, 0.3) is 5.91 Å². The van der Waals surface area contributed by atoms with Crippen molar-refractivity contribution in [3.05, 3.63) is 58.6 Å². The molecule has 2 aromatic carbocycles. The number of morpholine rings is 1. The number of carbonyl (C=O) groups excluding carboxylic acids is 1. The molecule has 3 aliphatic heterocycles. The van der Waals surface area contributed by atoms with Crippen LogP contribution >= 0.6 is 0 Å². The van der Waals surface area contributed by atoms with Gasteiger partial charge in [-0.1, -0.05) is 30.3 Å². The van der Waals surface area contributed by atoms with Gasteiger partial charge in [-0.15, -0.1) is 0 Å². The van der Waals surface area contributed by atoms with Crippen LogP contribution in [0.25, 0.3) is 22.2 Å². The summed E-state index contributed by atoms with van der Waals surface area (Å²) in [5.41, 5.74) is 4.14. The van der Waals surface area contributed by atoms with Gasteiger partial charge in [0.1, 0.15) is 12.1 Å². The number of hydrogen-bond acceptors (Lipinski definition) is 9. The lowest BCUT2D eigenvalue weighted by atomic mass is 10.0. The molecule has 216 valence electrons. The first-order valence-electron chi connectivity index (χ1n) is 14.3. The summed E-state index contributed by atoms with van der Waals surface area (Å²) >= 11 is 0. The van der Waals surface area contributed by atoms with Crippen molar-refractivity contribution >= 4 is 17.0 Å². The van der Waals surface area contributed by atoms with Gasteiger partial charge in [0.05, 0.1) is 50.1 Å². The van der Waals surface area contributed by atoms with E-state index in [1.807, 2.05) is 42.5 Å². The number of oxazole rings is 1. The van der Waals surface area contributed by atoms with Gasteiger partial charge in [-0.2, -0.15) is 5.26 Å². The van der Waals surface area contributed by atoms with E-state index in [0.29, 0.717) is 64.2 Å². The molecule has 11 heteroatoms. The molecule has 3 saturated heterocycles. The lowest BCUT2D eigenvalue weighted by Gasteiger charge is -2.44. The average Bonchev–Trinajstić information content (AvgIpc) is 3.11. The highest BCUT2D eigenvalue weighted by molar-refractivity contribution is 5.82. The maximum Gasteiger partial charge on any atom is 0.420 e. The van der Waals surface area contributed by atoms with E-state index in [-0.39, 0.29) is 17.7 Å². The van der Waals surface area contributed by atoms with E-state index in [4.69, 9.17) is 18.6 Å². The summed E-state index contributed by atoms with van der Waals surface area (Å²) in [7, 11) is 0. The summed E-state index contributed by atoms with van der Waals surface area (Å²) in [5, 5.41) is 15.7. The highest BCUT2D eigenvalue weighted by Crippen LogP contribution is 2.26. The summed E-state index contributed by atoms with van der Waals surface area (Å²) in [6, 6.07) is 15.6. The predicted octanol–water partition coefficient (Wildman–Crippen LogP) is 1.29. The number of amides is 1. The van der Waals surface area contributed by atoms with Gasteiger partial charge >= 0.3 is 5.76 Å². The molecule has 6 rings (SSSR count). The Hall–Kier alpha value is -3.53. The van der Waals surface area contributed by atoms with E-state index in [9.17, 15) is 14.9 Å². The van der Waals surface area contributed by atoms with E-state index in [1.54, 1.807) is 4.57 Å². The summed E-state index contributed by atoms with van der Waals surface area (Å²) in [5.74, 6) is -0.650. The number of carbonyl (C=O) groups is 1. The minimum Gasteiger partial charge on any atom is -0.408 e. The van der Waals surface area contributed by atoms with Gasteiger partial charge in [-0.3, -0.25) is 14.3 Å². The fourth-order valence-electron chi connectivity index (χ4n) is 5.69. The Morgan fingerprint density at radius 2 is 1.93 bits per heavy atom. The van der Waals surface area contributed by atoms with Crippen LogP contribution in [0.3, 0.4) is 0 Å². The molecular formula is C30H35N5O6. The van der Waals surface area contributed by atoms with Crippen LogP contribution in [0, 0.1) is 11.3 Å². The molecule has 1 unspecified atom stereocenters. The van der Waals surface area contributed by atoms with E-state index in [1.165, 1.54) is 0 Å². The third-order valence-corrected chi connectivity index (χ3v) is 8.06. The van der Waals surface area contributed by atoms with Crippen molar-refractivity contribution in [2.75, 3.05) is 52.7 Å². The SMILES string of the molecule is N#C[C@H](Cc1ccc(-c2ccc3oc(=O)n(CC4COCCN4C4COC4)c3c2)cc1)NC(=O)[C@@H]1CNCCCO1. The van der Waals surface area contributed by atoms with Crippen molar-refractivity contribution in [3.63, 3.8) is 0 Å². The molecule has 1 aromatic heterocycles. The molecule has 0 saturated carbocycles. The zero-order valence-corrected chi connectivity index (χ0v) is 22.9. The molecule has 4 heterocycles. The van der Waals surface area contributed by atoms with Crippen molar-refractivity contribution in [2.45, 2.75) is 43.6 Å². The van der Waals surface area contributed by atoms with Crippen LogP contribution in [-0.4, -0.2) is 92.3 Å². The number of rotatable bonds is 8. The van der Waals surface area contributed by atoms with Crippen LogP contribution in [0.1, 0.15) is 12.0 Å². The average molecular weight is 562 g/mol. The molecule has 0 spiro atoms. The van der Waals surface area contributed by atoms with Crippen LogP contribution in [0.15, 0.2) is 51.7 Å². The fourth-order valence-corrected chi connectivity index (χ4v) is 5.69. The van der Waals surface area contributed by atoms with Gasteiger partial charge in [0, 0.05) is 32.7 Å². The summed E-state index contributed by atoms with van der Waals surface area (Å²) < 4.78 is 24.0. The standard InChI is InChI=1S/C30H35N5O6/c31-14-23(33-29(36)28-15-32-8-1-10-40-28)12-20-2-4-21(5-3-20)22-6-7-27-26(13-22)35(30(37)41-27)16-24-17-38-11-9-34(24)25-18-39-19-25/h2-7,13,23-25,28,32H,1,8-12,15-19H2,(H,33,36)/t23-,24?,28-/m0/s1. The summed E-state index contributed by atoms with van der Waals surface area (Å²) in [6.45, 7) is 5.75. The van der Waals surface area contributed by atoms with Crippen LogP contribution in [0.5, 0.6) is 0 Å². The molecule has 1 amide bonds. The zero-order chi connectivity index (χ0) is 28.2. The molecule has 3 atom stereocenters. The van der Waals surface area contributed by atoms with Gasteiger partial charge in [0.15, 0.2) is 5.58 Å². The maximum absolute atomic E-state index is 12.8. The molecule has 3 aliphatic rings. The Bertz CT molecular complexity index is 1450. The van der Waals surface area contributed by atoms with Crippen LogP contribution in [0.4, 0.5) is 0 Å². The highest BCUT2D eigenvalue weighted by Gasteiger charge is 2.34. The normalized spacial score (nSPS) is 22.9. The van der Waals surface area contributed by atoms with Gasteiger partial charge < -0.3 is 29.3 Å². The first-order valence-corrected chi connectivity index (χ1v) is 14.3. The molecule has 3 aromatic rings. The van der Waals surface area contributed by atoms with Crippen molar-refractivity contribution in [1.29, 1.82) is 5.26 Å². The predicted molar refractivity (Wildman–Crippen MR) is 150 cm³/mol. The second-order valence-corrected chi connectivity index (χ2v) is 10.8. The van der Waals surface area contributed by atoms with Crippen LogP contribution in [0.2, 0.25) is 0 Å². The van der Waals surface area contributed by atoms with Crippen molar-refractivity contribution in [2.24, 2.45) is 0 Å². The zero-order valence-electron chi connectivity index (χ0n) is 22.9. The highest BCUT2D eigenvalue weighted by atomic mass is 16.5. The summed E-state index contributed by atoms with van der Waals surface area (Å²) in [4.78, 5) is 27.8. The van der Waals surface area contributed by atoms with Gasteiger partial charge in [-0.25, -0.2) is 4.79 Å². The monoisotopic (exact) mass is 561 g/mol. The Balaban J connectivity index is 1.15.